The lowest BCUT2D eigenvalue weighted by atomic mass is 9.88. The van der Waals surface area contributed by atoms with Gasteiger partial charge < -0.3 is 9.88 Å². The van der Waals surface area contributed by atoms with Gasteiger partial charge in [-0.05, 0) is 36.1 Å². The molecule has 2 aliphatic rings. The van der Waals surface area contributed by atoms with Crippen LogP contribution in [0.15, 0.2) is 42.9 Å². The number of aromatic nitrogens is 2. The van der Waals surface area contributed by atoms with Gasteiger partial charge in [0.15, 0.2) is 0 Å². The number of carbonyl (C=O) groups is 1. The van der Waals surface area contributed by atoms with Crippen molar-refractivity contribution < 1.29 is 4.79 Å². The van der Waals surface area contributed by atoms with E-state index in [4.69, 9.17) is 0 Å². The quantitative estimate of drug-likeness (QED) is 0.938. The minimum absolute atomic E-state index is 0.162. The van der Waals surface area contributed by atoms with Crippen LogP contribution < -0.4 is 0 Å². The van der Waals surface area contributed by atoms with Gasteiger partial charge in [0.1, 0.15) is 0 Å². The maximum absolute atomic E-state index is 12.8. The fourth-order valence-electron chi connectivity index (χ4n) is 3.90. The molecule has 2 aromatic heterocycles. The summed E-state index contributed by atoms with van der Waals surface area (Å²) in [5.74, 6) is 0.997. The van der Waals surface area contributed by atoms with Crippen molar-refractivity contribution >= 4 is 5.91 Å². The Kier molecular flexibility index (Phi) is 3.87. The summed E-state index contributed by atoms with van der Waals surface area (Å²) in [5.41, 5.74) is 2.34. The van der Waals surface area contributed by atoms with Crippen LogP contribution in [-0.4, -0.2) is 45.3 Å². The molecule has 0 spiro atoms. The van der Waals surface area contributed by atoms with E-state index in [2.05, 4.69) is 20.9 Å². The maximum atomic E-state index is 12.8. The van der Waals surface area contributed by atoms with Crippen LogP contribution in [0.2, 0.25) is 0 Å². The molecule has 2 saturated heterocycles. The first-order valence-electron chi connectivity index (χ1n) is 8.32. The number of nitrogens with zero attached hydrogens (tertiary/aromatic N) is 3. The van der Waals surface area contributed by atoms with Gasteiger partial charge in [0.25, 0.3) is 0 Å². The zero-order valence-corrected chi connectivity index (χ0v) is 13.2. The van der Waals surface area contributed by atoms with E-state index in [0.29, 0.717) is 18.4 Å². The normalized spacial score (nSPS) is 24.9. The zero-order valence-electron chi connectivity index (χ0n) is 13.2. The Labute approximate surface area is 136 Å². The lowest BCUT2D eigenvalue weighted by Crippen LogP contribution is -2.44. The van der Waals surface area contributed by atoms with Gasteiger partial charge in [0, 0.05) is 57.0 Å². The fourth-order valence-corrected chi connectivity index (χ4v) is 3.90. The predicted octanol–water partition coefficient (Wildman–Crippen LogP) is 1.89. The number of piperidine rings is 1. The average Bonchev–Trinajstić information content (AvgIpc) is 3.21. The molecule has 4 heterocycles. The van der Waals surface area contributed by atoms with Crippen molar-refractivity contribution in [3.05, 3.63) is 54.1 Å². The number of amides is 1. The van der Waals surface area contributed by atoms with Crippen LogP contribution in [0.25, 0.3) is 0 Å². The van der Waals surface area contributed by atoms with Crippen molar-refractivity contribution in [3.63, 3.8) is 0 Å². The van der Waals surface area contributed by atoms with Crippen molar-refractivity contribution in [1.29, 1.82) is 0 Å². The van der Waals surface area contributed by atoms with Gasteiger partial charge in [0.05, 0.1) is 5.92 Å². The van der Waals surface area contributed by atoms with Gasteiger partial charge in [0.2, 0.25) is 5.91 Å². The molecule has 120 valence electrons. The van der Waals surface area contributed by atoms with E-state index in [1.807, 2.05) is 35.5 Å². The maximum Gasteiger partial charge on any atom is 0.227 e. The lowest BCUT2D eigenvalue weighted by Gasteiger charge is -2.33. The summed E-state index contributed by atoms with van der Waals surface area (Å²) < 4.78 is 0. The molecular formula is C18H22N4O. The molecule has 2 aliphatic heterocycles. The molecule has 2 unspecified atom stereocenters. The highest BCUT2D eigenvalue weighted by atomic mass is 16.2. The Morgan fingerprint density at radius 1 is 1.22 bits per heavy atom. The Morgan fingerprint density at radius 2 is 2.17 bits per heavy atom. The van der Waals surface area contributed by atoms with Gasteiger partial charge in [-0.3, -0.25) is 14.7 Å². The van der Waals surface area contributed by atoms with Crippen molar-refractivity contribution in [3.8, 4) is 0 Å². The van der Waals surface area contributed by atoms with E-state index in [9.17, 15) is 4.79 Å². The van der Waals surface area contributed by atoms with Crippen molar-refractivity contribution in [2.75, 3.05) is 19.6 Å². The van der Waals surface area contributed by atoms with E-state index >= 15 is 0 Å². The standard InChI is InChI=1S/C18H22N4O/c23-18-17-13-21(12-16-4-2-7-20-16)11-15(17)5-8-22(18)10-14-3-1-6-19-9-14/h1-4,6-7,9,15,17,20H,5,8,10-13H2. The number of rotatable bonds is 4. The zero-order chi connectivity index (χ0) is 15.6. The number of likely N-dealkylation sites (tertiary alicyclic amines) is 2. The smallest absolute Gasteiger partial charge is 0.227 e. The first-order valence-corrected chi connectivity index (χ1v) is 8.32. The topological polar surface area (TPSA) is 52.2 Å². The molecule has 2 aromatic rings. The van der Waals surface area contributed by atoms with Crippen molar-refractivity contribution in [1.82, 2.24) is 19.8 Å². The van der Waals surface area contributed by atoms with Gasteiger partial charge in [-0.1, -0.05) is 6.07 Å². The first-order chi connectivity index (χ1) is 11.3. The third-order valence-electron chi connectivity index (χ3n) is 5.07. The molecule has 0 aromatic carbocycles. The van der Waals surface area contributed by atoms with E-state index in [1.54, 1.807) is 6.20 Å². The summed E-state index contributed by atoms with van der Waals surface area (Å²) in [6.45, 7) is 4.38. The number of nitrogens with one attached hydrogen (secondary N) is 1. The molecule has 2 fully saturated rings. The third kappa shape index (κ3) is 3.01. The van der Waals surface area contributed by atoms with Crippen molar-refractivity contribution in [2.24, 2.45) is 11.8 Å². The number of carbonyl (C=O) groups excluding carboxylic acids is 1. The number of pyridine rings is 1. The number of hydrogen-bond acceptors (Lipinski definition) is 3. The Hall–Kier alpha value is -2.14. The first kappa shape index (κ1) is 14.5. The SMILES string of the molecule is O=C1C2CN(Cc3ccc[nH]3)CC2CCN1Cc1cccnc1. The van der Waals surface area contributed by atoms with Gasteiger partial charge in [-0.25, -0.2) is 0 Å². The molecule has 0 radical (unpaired) electrons. The summed E-state index contributed by atoms with van der Waals surface area (Å²) in [6.07, 6.45) is 6.69. The van der Waals surface area contributed by atoms with Crippen LogP contribution >= 0.6 is 0 Å². The molecule has 2 atom stereocenters. The molecule has 0 saturated carbocycles. The molecule has 1 amide bonds. The molecule has 4 rings (SSSR count). The summed E-state index contributed by atoms with van der Waals surface area (Å²) in [7, 11) is 0. The molecule has 23 heavy (non-hydrogen) atoms. The molecule has 0 bridgehead atoms. The Morgan fingerprint density at radius 3 is 2.96 bits per heavy atom. The van der Waals surface area contributed by atoms with Crippen LogP contribution in [0, 0.1) is 11.8 Å². The molecule has 5 heteroatoms. The van der Waals surface area contributed by atoms with Crippen LogP contribution in [0.4, 0.5) is 0 Å². The monoisotopic (exact) mass is 310 g/mol. The van der Waals surface area contributed by atoms with Gasteiger partial charge in [-0.2, -0.15) is 0 Å². The highest BCUT2D eigenvalue weighted by molar-refractivity contribution is 5.80. The van der Waals surface area contributed by atoms with E-state index in [0.717, 1.165) is 38.2 Å². The van der Waals surface area contributed by atoms with E-state index < -0.39 is 0 Å². The summed E-state index contributed by atoms with van der Waals surface area (Å²) in [6, 6.07) is 8.11. The average molecular weight is 310 g/mol. The van der Waals surface area contributed by atoms with Crippen LogP contribution in [0.1, 0.15) is 17.7 Å². The Bertz CT molecular complexity index is 655. The second-order valence-corrected chi connectivity index (χ2v) is 6.67. The third-order valence-corrected chi connectivity index (χ3v) is 5.07. The highest BCUT2D eigenvalue weighted by Crippen LogP contribution is 2.33. The summed E-state index contributed by atoms with van der Waals surface area (Å²) >= 11 is 0. The molecule has 1 N–H and O–H groups in total. The number of hydrogen-bond donors (Lipinski definition) is 1. The van der Waals surface area contributed by atoms with Gasteiger partial charge >= 0.3 is 0 Å². The minimum atomic E-state index is 0.162. The second kappa shape index (κ2) is 6.16. The van der Waals surface area contributed by atoms with Crippen LogP contribution in [-0.2, 0) is 17.9 Å². The molecule has 0 aliphatic carbocycles. The van der Waals surface area contributed by atoms with Gasteiger partial charge in [-0.15, -0.1) is 0 Å². The highest BCUT2D eigenvalue weighted by Gasteiger charge is 2.42. The molecule has 5 nitrogen and oxygen atoms in total. The minimum Gasteiger partial charge on any atom is -0.364 e. The summed E-state index contributed by atoms with van der Waals surface area (Å²) in [4.78, 5) is 24.6. The predicted molar refractivity (Wildman–Crippen MR) is 87.3 cm³/mol. The fraction of sp³-hybridized carbons (Fsp3) is 0.444. The lowest BCUT2D eigenvalue weighted by molar-refractivity contribution is -0.140. The van der Waals surface area contributed by atoms with E-state index in [-0.39, 0.29) is 5.92 Å². The summed E-state index contributed by atoms with van der Waals surface area (Å²) in [5, 5.41) is 0. The van der Waals surface area contributed by atoms with Crippen LogP contribution in [0.3, 0.4) is 0 Å². The second-order valence-electron chi connectivity index (χ2n) is 6.67. The van der Waals surface area contributed by atoms with Crippen LogP contribution in [0.5, 0.6) is 0 Å². The number of aromatic amines is 1. The van der Waals surface area contributed by atoms with E-state index in [1.165, 1.54) is 5.69 Å². The number of H-pyrrole nitrogens is 1. The largest absolute Gasteiger partial charge is 0.364 e. The van der Waals surface area contributed by atoms with Crippen molar-refractivity contribution in [2.45, 2.75) is 19.5 Å². The Balaban J connectivity index is 1.40. The molecular weight excluding hydrogens is 288 g/mol. The number of fused-ring (bicyclic) bond motifs is 1.